The molecule has 0 radical (unpaired) electrons. The predicted molar refractivity (Wildman–Crippen MR) is 179 cm³/mol. The summed E-state index contributed by atoms with van der Waals surface area (Å²) in [6.07, 6.45) is 4.99. The van der Waals surface area contributed by atoms with Crippen LogP contribution in [0, 0.1) is 23.3 Å². The normalized spacial score (nSPS) is 17.1. The fraction of sp³-hybridized carbons (Fsp3) is 0.324. The van der Waals surface area contributed by atoms with Crippen molar-refractivity contribution in [2.75, 3.05) is 30.4 Å². The second-order valence-electron chi connectivity index (χ2n) is 12.9. The molecule has 49 heavy (non-hydrogen) atoms. The molecular formula is C37H37F4N5O3. The zero-order chi connectivity index (χ0) is 35.0. The van der Waals surface area contributed by atoms with Crippen molar-refractivity contribution in [2.24, 2.45) is 7.05 Å². The van der Waals surface area contributed by atoms with Crippen molar-refractivity contribution in [1.82, 2.24) is 15.2 Å². The molecule has 1 saturated heterocycles. The van der Waals surface area contributed by atoms with Gasteiger partial charge in [-0.15, -0.1) is 0 Å². The van der Waals surface area contributed by atoms with Gasteiger partial charge in [-0.3, -0.25) is 14.4 Å². The van der Waals surface area contributed by atoms with Gasteiger partial charge in [-0.25, -0.2) is 17.6 Å². The molecule has 1 aliphatic heterocycles. The number of aromatic nitrogens is 1. The van der Waals surface area contributed by atoms with Crippen LogP contribution in [0.1, 0.15) is 48.3 Å². The molecule has 2 aliphatic rings. The van der Waals surface area contributed by atoms with E-state index in [1.807, 2.05) is 36.0 Å². The van der Waals surface area contributed by atoms with Gasteiger partial charge in [0.25, 0.3) is 0 Å². The number of nitrogens with one attached hydrogen (secondary N) is 3. The van der Waals surface area contributed by atoms with Gasteiger partial charge in [0.05, 0.1) is 11.2 Å². The number of benzene rings is 3. The lowest BCUT2D eigenvalue weighted by molar-refractivity contribution is -0.128. The number of aryl methyl sites for hydroxylation is 1. The number of carbonyl (C=O) groups excluding carboxylic acids is 3. The van der Waals surface area contributed by atoms with Crippen LogP contribution < -0.4 is 20.9 Å². The molecule has 1 aliphatic carbocycles. The van der Waals surface area contributed by atoms with Crippen LogP contribution in [-0.4, -0.2) is 48.5 Å². The SMILES string of the molecule is C=CC(=O)Nc1ccc(N2CCC3(CC2)CC(CC(=O)N[C@H](Cc2cc(F)c(F)c(F)c2)C(=O)NC)c2ccc(F)cc23)c2ccn(C)c12. The smallest absolute Gasteiger partial charge is 0.247 e. The molecule has 2 heterocycles. The molecule has 0 bridgehead atoms. The van der Waals surface area contributed by atoms with Crippen molar-refractivity contribution >= 4 is 40.0 Å². The maximum atomic E-state index is 14.7. The van der Waals surface area contributed by atoms with Gasteiger partial charge in [0.1, 0.15) is 11.9 Å². The highest BCUT2D eigenvalue weighted by Crippen LogP contribution is 2.53. The lowest BCUT2D eigenvalue weighted by Gasteiger charge is -2.41. The number of likely N-dealkylation sites (N-methyl/N-ethyl adjacent to an activating group) is 1. The molecule has 3 amide bonds. The van der Waals surface area contributed by atoms with E-state index in [4.69, 9.17) is 0 Å². The number of piperidine rings is 1. The molecule has 2 atom stereocenters. The molecule has 4 aromatic rings. The number of carbonyl (C=O) groups is 3. The van der Waals surface area contributed by atoms with Crippen molar-refractivity contribution in [1.29, 1.82) is 0 Å². The first-order valence-electron chi connectivity index (χ1n) is 16.1. The Morgan fingerprint density at radius 1 is 1.02 bits per heavy atom. The highest BCUT2D eigenvalue weighted by atomic mass is 19.2. The summed E-state index contributed by atoms with van der Waals surface area (Å²) in [7, 11) is 3.30. The summed E-state index contributed by atoms with van der Waals surface area (Å²) in [6, 6.07) is 11.0. The van der Waals surface area contributed by atoms with E-state index in [0.717, 1.165) is 39.8 Å². The van der Waals surface area contributed by atoms with Crippen molar-refractivity contribution in [3.05, 3.63) is 107 Å². The maximum Gasteiger partial charge on any atom is 0.247 e. The van der Waals surface area contributed by atoms with Crippen LogP contribution in [0.25, 0.3) is 10.9 Å². The highest BCUT2D eigenvalue weighted by Gasteiger charge is 2.46. The van der Waals surface area contributed by atoms with E-state index in [2.05, 4.69) is 27.4 Å². The van der Waals surface area contributed by atoms with Gasteiger partial charge in [-0.2, -0.15) is 0 Å². The van der Waals surface area contributed by atoms with Crippen LogP contribution in [0.15, 0.2) is 67.4 Å². The van der Waals surface area contributed by atoms with E-state index in [9.17, 15) is 31.9 Å². The summed E-state index contributed by atoms with van der Waals surface area (Å²) in [5, 5.41) is 9.01. The average molecular weight is 676 g/mol. The Kier molecular flexibility index (Phi) is 9.24. The minimum absolute atomic E-state index is 0.0154. The van der Waals surface area contributed by atoms with Gasteiger partial charge in [-0.05, 0) is 95.8 Å². The van der Waals surface area contributed by atoms with E-state index >= 15 is 0 Å². The first-order valence-corrected chi connectivity index (χ1v) is 16.1. The topological polar surface area (TPSA) is 95.5 Å². The van der Waals surface area contributed by atoms with Crippen LogP contribution in [0.2, 0.25) is 0 Å². The summed E-state index contributed by atoms with van der Waals surface area (Å²) in [4.78, 5) is 40.4. The minimum Gasteiger partial charge on any atom is -0.371 e. The molecule has 1 fully saturated rings. The van der Waals surface area contributed by atoms with Crippen molar-refractivity contribution in [3.63, 3.8) is 0 Å². The molecule has 12 heteroatoms. The lowest BCUT2D eigenvalue weighted by atomic mass is 9.73. The average Bonchev–Trinajstić information content (AvgIpc) is 3.60. The zero-order valence-corrected chi connectivity index (χ0v) is 27.2. The summed E-state index contributed by atoms with van der Waals surface area (Å²) in [6.45, 7) is 4.90. The molecule has 3 aromatic carbocycles. The Morgan fingerprint density at radius 2 is 1.73 bits per heavy atom. The maximum absolute atomic E-state index is 14.7. The third kappa shape index (κ3) is 6.51. The number of anilines is 2. The molecule has 0 saturated carbocycles. The Morgan fingerprint density at radius 3 is 2.41 bits per heavy atom. The fourth-order valence-corrected chi connectivity index (χ4v) is 7.65. The molecule has 256 valence electrons. The zero-order valence-electron chi connectivity index (χ0n) is 27.2. The molecule has 1 aromatic heterocycles. The Labute approximate surface area is 281 Å². The number of rotatable bonds is 9. The Hall–Kier alpha value is -5.13. The van der Waals surface area contributed by atoms with E-state index in [0.29, 0.717) is 38.0 Å². The molecule has 3 N–H and O–H groups in total. The molecule has 1 unspecified atom stereocenters. The van der Waals surface area contributed by atoms with Gasteiger partial charge >= 0.3 is 0 Å². The van der Waals surface area contributed by atoms with Crippen LogP contribution in [-0.2, 0) is 33.3 Å². The third-order valence-corrected chi connectivity index (χ3v) is 9.99. The van der Waals surface area contributed by atoms with Crippen LogP contribution >= 0.6 is 0 Å². The van der Waals surface area contributed by atoms with E-state index in [1.165, 1.54) is 19.2 Å². The fourth-order valence-electron chi connectivity index (χ4n) is 7.65. The second-order valence-corrected chi connectivity index (χ2v) is 12.9. The number of hydrogen-bond donors (Lipinski definition) is 3. The monoisotopic (exact) mass is 675 g/mol. The quantitative estimate of drug-likeness (QED) is 0.120. The van der Waals surface area contributed by atoms with Crippen molar-refractivity contribution < 1.29 is 31.9 Å². The molecular weight excluding hydrogens is 638 g/mol. The number of hydrogen-bond acceptors (Lipinski definition) is 4. The van der Waals surface area contributed by atoms with Gasteiger partial charge < -0.3 is 25.4 Å². The third-order valence-electron chi connectivity index (χ3n) is 9.99. The first-order chi connectivity index (χ1) is 23.4. The lowest BCUT2D eigenvalue weighted by Crippen LogP contribution is -2.47. The van der Waals surface area contributed by atoms with Gasteiger partial charge in [0.15, 0.2) is 17.5 Å². The van der Waals surface area contributed by atoms with E-state index < -0.39 is 35.3 Å². The largest absolute Gasteiger partial charge is 0.371 e. The van der Waals surface area contributed by atoms with Gasteiger partial charge in [0.2, 0.25) is 17.7 Å². The summed E-state index contributed by atoms with van der Waals surface area (Å²) < 4.78 is 57.9. The first kappa shape index (κ1) is 33.8. The summed E-state index contributed by atoms with van der Waals surface area (Å²) in [5.74, 6) is -6.29. The van der Waals surface area contributed by atoms with E-state index in [1.54, 1.807) is 12.1 Å². The minimum atomic E-state index is -1.61. The molecule has 8 nitrogen and oxygen atoms in total. The van der Waals surface area contributed by atoms with Crippen LogP contribution in [0.5, 0.6) is 0 Å². The van der Waals surface area contributed by atoms with Gasteiger partial charge in [0, 0.05) is 57.3 Å². The standard InChI is InChI=1S/C37H37F4N5O3/c1-4-32(47)43-29-7-8-31(25-9-12-45(3)35(25)29)46-13-10-37(11-14-46)20-22(24-6-5-23(38)19-26(24)37)18-33(48)44-30(36(49)42-2)17-21-15-27(39)34(41)28(40)16-21/h4-9,12,15-16,19,22,30H,1,10-11,13-14,17-18,20H2,2-3H3,(H,42,49)(H,43,47)(H,44,48)/t22?,30-/m1/s1. The molecule has 6 rings (SSSR count). The summed E-state index contributed by atoms with van der Waals surface area (Å²) >= 11 is 0. The number of amides is 3. The van der Waals surface area contributed by atoms with Gasteiger partial charge in [-0.1, -0.05) is 12.6 Å². The van der Waals surface area contributed by atoms with Crippen molar-refractivity contribution in [3.8, 4) is 0 Å². The summed E-state index contributed by atoms with van der Waals surface area (Å²) in [5.41, 5.74) is 4.02. The van der Waals surface area contributed by atoms with E-state index in [-0.39, 0.29) is 41.5 Å². The second kappa shape index (κ2) is 13.4. The Balaban J connectivity index is 1.19. The molecule has 1 spiro atoms. The Bertz CT molecular complexity index is 1940. The highest BCUT2D eigenvalue weighted by molar-refractivity contribution is 6.08. The van der Waals surface area contributed by atoms with Crippen LogP contribution in [0.3, 0.4) is 0 Å². The van der Waals surface area contributed by atoms with Crippen molar-refractivity contribution in [2.45, 2.75) is 49.5 Å². The number of halogens is 4. The van der Waals surface area contributed by atoms with Crippen LogP contribution in [0.4, 0.5) is 28.9 Å². The number of fused-ring (bicyclic) bond motifs is 3. The number of nitrogens with zero attached hydrogens (tertiary/aromatic N) is 2. The predicted octanol–water partition coefficient (Wildman–Crippen LogP) is 5.75.